The lowest BCUT2D eigenvalue weighted by molar-refractivity contribution is 0.337. The maximum Gasteiger partial charge on any atom is 0.00926 e. The van der Waals surface area contributed by atoms with Crippen LogP contribution >= 0.6 is 0 Å². The second kappa shape index (κ2) is 5.29. The smallest absolute Gasteiger partial charge is 0.00926 e. The average Bonchev–Trinajstić information content (AvgIpc) is 2.94. The fraction of sp³-hybridized carbons (Fsp3) is 0.833. The third-order valence-corrected chi connectivity index (χ3v) is 3.21. The van der Waals surface area contributed by atoms with Crippen LogP contribution in [-0.4, -0.2) is 13.1 Å². The van der Waals surface area contributed by atoms with Crippen LogP contribution in [-0.2, 0) is 0 Å². The molecule has 0 saturated heterocycles. The Labute approximate surface area is 82.3 Å². The normalized spacial score (nSPS) is 20.7. The van der Waals surface area contributed by atoms with E-state index in [1.165, 1.54) is 25.7 Å². The maximum absolute atomic E-state index is 5.23. The Morgan fingerprint density at radius 3 is 2.69 bits per heavy atom. The van der Waals surface area contributed by atoms with Gasteiger partial charge in [-0.15, -0.1) is 12.3 Å². The van der Waals surface area contributed by atoms with Gasteiger partial charge in [-0.25, -0.2) is 0 Å². The van der Waals surface area contributed by atoms with Crippen molar-refractivity contribution in [3.8, 4) is 12.3 Å². The molecule has 1 aliphatic carbocycles. The largest absolute Gasteiger partial charge is 0.317 e. The molecular weight excluding hydrogens is 158 g/mol. The topological polar surface area (TPSA) is 12.0 Å². The molecule has 2 atom stereocenters. The Hall–Kier alpha value is -0.480. The summed E-state index contributed by atoms with van der Waals surface area (Å²) < 4.78 is 0. The first-order valence-electron chi connectivity index (χ1n) is 5.40. The number of unbranched alkanes of at least 4 members (excludes halogenated alkanes) is 1. The first kappa shape index (κ1) is 10.6. The summed E-state index contributed by atoms with van der Waals surface area (Å²) in [4.78, 5) is 0. The molecule has 1 aliphatic rings. The van der Waals surface area contributed by atoms with E-state index in [0.717, 1.165) is 18.3 Å². The van der Waals surface area contributed by atoms with Crippen molar-refractivity contribution < 1.29 is 0 Å². The van der Waals surface area contributed by atoms with Crippen molar-refractivity contribution in [1.29, 1.82) is 0 Å². The van der Waals surface area contributed by atoms with Crippen LogP contribution in [0.5, 0.6) is 0 Å². The molecule has 1 heteroatoms. The SMILES string of the molecule is C#CCCCC(NC)C(C)C1CC1. The minimum atomic E-state index is 0.681. The van der Waals surface area contributed by atoms with E-state index in [2.05, 4.69) is 25.2 Å². The van der Waals surface area contributed by atoms with E-state index in [4.69, 9.17) is 6.42 Å². The van der Waals surface area contributed by atoms with Gasteiger partial charge in [0.05, 0.1) is 0 Å². The summed E-state index contributed by atoms with van der Waals surface area (Å²) in [6, 6.07) is 0.681. The third kappa shape index (κ3) is 3.40. The van der Waals surface area contributed by atoms with Crippen molar-refractivity contribution in [2.45, 2.75) is 45.1 Å². The van der Waals surface area contributed by atoms with E-state index in [1.807, 2.05) is 0 Å². The van der Waals surface area contributed by atoms with Gasteiger partial charge in [-0.2, -0.15) is 0 Å². The van der Waals surface area contributed by atoms with Crippen molar-refractivity contribution in [3.05, 3.63) is 0 Å². The molecule has 74 valence electrons. The minimum absolute atomic E-state index is 0.681. The minimum Gasteiger partial charge on any atom is -0.317 e. The van der Waals surface area contributed by atoms with E-state index in [0.29, 0.717) is 6.04 Å². The average molecular weight is 179 g/mol. The van der Waals surface area contributed by atoms with Crippen molar-refractivity contribution in [2.24, 2.45) is 11.8 Å². The Balaban J connectivity index is 2.20. The van der Waals surface area contributed by atoms with Crippen molar-refractivity contribution in [3.63, 3.8) is 0 Å². The van der Waals surface area contributed by atoms with Gasteiger partial charge in [0.15, 0.2) is 0 Å². The molecular formula is C12H21N. The molecule has 0 aromatic carbocycles. The van der Waals surface area contributed by atoms with Crippen LogP contribution in [0.25, 0.3) is 0 Å². The fourth-order valence-corrected chi connectivity index (χ4v) is 2.04. The maximum atomic E-state index is 5.23. The standard InChI is InChI=1S/C12H21N/c1-4-5-6-7-12(13-3)10(2)11-8-9-11/h1,10-13H,5-9H2,2-3H3. The van der Waals surface area contributed by atoms with Crippen LogP contribution in [0.3, 0.4) is 0 Å². The summed E-state index contributed by atoms with van der Waals surface area (Å²) in [5, 5.41) is 3.41. The summed E-state index contributed by atoms with van der Waals surface area (Å²) in [5.74, 6) is 4.53. The van der Waals surface area contributed by atoms with E-state index in [9.17, 15) is 0 Å². The second-order valence-electron chi connectivity index (χ2n) is 4.19. The highest BCUT2D eigenvalue weighted by atomic mass is 14.9. The molecule has 1 saturated carbocycles. The highest BCUT2D eigenvalue weighted by Gasteiger charge is 2.32. The molecule has 0 radical (unpaired) electrons. The van der Waals surface area contributed by atoms with E-state index in [-0.39, 0.29) is 0 Å². The van der Waals surface area contributed by atoms with Gasteiger partial charge in [0.2, 0.25) is 0 Å². The van der Waals surface area contributed by atoms with Crippen LogP contribution in [0.1, 0.15) is 39.0 Å². The lowest BCUT2D eigenvalue weighted by Gasteiger charge is -2.23. The van der Waals surface area contributed by atoms with Gasteiger partial charge in [0.1, 0.15) is 0 Å². The molecule has 13 heavy (non-hydrogen) atoms. The van der Waals surface area contributed by atoms with E-state index >= 15 is 0 Å². The molecule has 0 heterocycles. The van der Waals surface area contributed by atoms with Crippen LogP contribution in [0.15, 0.2) is 0 Å². The molecule has 2 unspecified atom stereocenters. The summed E-state index contributed by atoms with van der Waals surface area (Å²) >= 11 is 0. The summed E-state index contributed by atoms with van der Waals surface area (Å²) in [5.41, 5.74) is 0. The fourth-order valence-electron chi connectivity index (χ4n) is 2.04. The Morgan fingerprint density at radius 2 is 2.23 bits per heavy atom. The summed E-state index contributed by atoms with van der Waals surface area (Å²) in [7, 11) is 2.07. The summed E-state index contributed by atoms with van der Waals surface area (Å²) in [6.07, 6.45) is 11.4. The lowest BCUT2D eigenvalue weighted by Crippen LogP contribution is -2.33. The predicted molar refractivity (Wildman–Crippen MR) is 57.4 cm³/mol. The molecule has 0 amide bonds. The zero-order chi connectivity index (χ0) is 9.68. The van der Waals surface area contributed by atoms with Crippen LogP contribution in [0, 0.1) is 24.2 Å². The van der Waals surface area contributed by atoms with Crippen molar-refractivity contribution in [2.75, 3.05) is 7.05 Å². The molecule has 1 fully saturated rings. The van der Waals surface area contributed by atoms with Gasteiger partial charge in [-0.05, 0) is 44.6 Å². The van der Waals surface area contributed by atoms with Crippen LogP contribution in [0.2, 0.25) is 0 Å². The Kier molecular flexibility index (Phi) is 4.32. The number of hydrogen-bond donors (Lipinski definition) is 1. The van der Waals surface area contributed by atoms with E-state index < -0.39 is 0 Å². The van der Waals surface area contributed by atoms with Gasteiger partial charge < -0.3 is 5.32 Å². The second-order valence-corrected chi connectivity index (χ2v) is 4.19. The number of terminal acetylenes is 1. The Morgan fingerprint density at radius 1 is 1.54 bits per heavy atom. The third-order valence-electron chi connectivity index (χ3n) is 3.21. The van der Waals surface area contributed by atoms with Crippen LogP contribution < -0.4 is 5.32 Å². The first-order valence-corrected chi connectivity index (χ1v) is 5.40. The number of hydrogen-bond acceptors (Lipinski definition) is 1. The van der Waals surface area contributed by atoms with Gasteiger partial charge >= 0.3 is 0 Å². The van der Waals surface area contributed by atoms with Gasteiger partial charge in [-0.1, -0.05) is 6.92 Å². The molecule has 1 rings (SSSR count). The van der Waals surface area contributed by atoms with Crippen molar-refractivity contribution in [1.82, 2.24) is 5.32 Å². The summed E-state index contributed by atoms with van der Waals surface area (Å²) in [6.45, 7) is 2.37. The highest BCUT2D eigenvalue weighted by Crippen LogP contribution is 2.38. The number of rotatable bonds is 6. The van der Waals surface area contributed by atoms with Crippen LogP contribution in [0.4, 0.5) is 0 Å². The molecule has 0 aromatic rings. The molecule has 0 aliphatic heterocycles. The molecule has 0 aromatic heterocycles. The van der Waals surface area contributed by atoms with Gasteiger partial charge in [-0.3, -0.25) is 0 Å². The van der Waals surface area contributed by atoms with E-state index in [1.54, 1.807) is 0 Å². The zero-order valence-corrected chi connectivity index (χ0v) is 8.84. The van der Waals surface area contributed by atoms with Crippen molar-refractivity contribution >= 4 is 0 Å². The molecule has 1 N–H and O–H groups in total. The molecule has 0 spiro atoms. The van der Waals surface area contributed by atoms with Gasteiger partial charge in [0.25, 0.3) is 0 Å². The zero-order valence-electron chi connectivity index (χ0n) is 8.84. The quantitative estimate of drug-likeness (QED) is 0.488. The monoisotopic (exact) mass is 179 g/mol. The lowest BCUT2D eigenvalue weighted by atomic mass is 9.92. The van der Waals surface area contributed by atoms with Gasteiger partial charge in [0, 0.05) is 12.5 Å². The molecule has 0 bridgehead atoms. The highest BCUT2D eigenvalue weighted by molar-refractivity contribution is 4.88. The Bertz CT molecular complexity index is 176. The predicted octanol–water partition coefficient (Wildman–Crippen LogP) is 2.42. The molecule has 1 nitrogen and oxygen atoms in total. The first-order chi connectivity index (χ1) is 6.29. The number of nitrogens with one attached hydrogen (secondary N) is 1.